The number of rotatable bonds is 31. The molecule has 2 aromatic heterocycles. The summed E-state index contributed by atoms with van der Waals surface area (Å²) in [5.74, 6) is -7.54. The Bertz CT molecular complexity index is 2590. The quantitative estimate of drug-likeness (QED) is 0.0393. The number of ether oxygens (including phenoxy) is 6. The zero-order valence-electron chi connectivity index (χ0n) is 48.3. The number of likely N-dealkylation sites (tertiary alicyclic amines) is 2. The molecule has 82 heavy (non-hydrogen) atoms. The molecule has 0 saturated carbocycles. The summed E-state index contributed by atoms with van der Waals surface area (Å²) in [6, 6.07) is 12.9. The zero-order valence-corrected chi connectivity index (χ0v) is 49.9. The molecule has 0 radical (unpaired) electrons. The first kappa shape index (κ1) is 65.4. The average molecular weight is 1180 g/mol. The van der Waals surface area contributed by atoms with Crippen LogP contribution in [0.3, 0.4) is 0 Å². The van der Waals surface area contributed by atoms with Crippen LogP contribution in [0, 0.1) is 36.5 Å². The second kappa shape index (κ2) is 30.1. The lowest BCUT2D eigenvalue weighted by Crippen LogP contribution is -2.70. The molecular weight excluding hydrogens is 1100 g/mol. The molecule has 2 fully saturated rings. The Hall–Kier alpha value is -5.80. The van der Waals surface area contributed by atoms with Gasteiger partial charge in [0.1, 0.15) is 18.7 Å². The van der Waals surface area contributed by atoms with Crippen LogP contribution in [-0.2, 0) is 70.3 Å². The van der Waals surface area contributed by atoms with Gasteiger partial charge in [-0.1, -0.05) is 90.1 Å². The number of thiazole rings is 2. The van der Waals surface area contributed by atoms with E-state index in [2.05, 4.69) is 20.6 Å². The number of β-amino-alcohol motifs (C(OH)–C–C–N with tert-alkyl or cyclic N) is 2. The van der Waals surface area contributed by atoms with Gasteiger partial charge in [0, 0.05) is 39.0 Å². The third-order valence-electron chi connectivity index (χ3n) is 14.4. The molecule has 2 aromatic carbocycles. The number of aromatic nitrogens is 2. The van der Waals surface area contributed by atoms with Gasteiger partial charge in [0.05, 0.1) is 122 Å². The van der Waals surface area contributed by atoms with Crippen molar-refractivity contribution < 1.29 is 67.4 Å². The highest BCUT2D eigenvalue weighted by atomic mass is 32.1. The highest BCUT2D eigenvalue weighted by molar-refractivity contribution is 7.13. The lowest BCUT2D eigenvalue weighted by molar-refractivity contribution is -0.203. The molecule has 0 bridgehead atoms. The summed E-state index contributed by atoms with van der Waals surface area (Å²) in [5.41, 5.74) is 15.6. The second-order valence-electron chi connectivity index (χ2n) is 22.7. The molecule has 24 heteroatoms. The van der Waals surface area contributed by atoms with Gasteiger partial charge in [-0.2, -0.15) is 0 Å². The van der Waals surface area contributed by atoms with Crippen LogP contribution >= 0.6 is 22.7 Å². The number of nitrogens with one attached hydrogen (secondary N) is 2. The van der Waals surface area contributed by atoms with Gasteiger partial charge in [-0.3, -0.25) is 28.8 Å². The predicted molar refractivity (Wildman–Crippen MR) is 308 cm³/mol. The van der Waals surface area contributed by atoms with Gasteiger partial charge in [-0.15, -0.1) is 22.7 Å². The third-order valence-corrected chi connectivity index (χ3v) is 16.3. The smallest absolute Gasteiger partial charge is 0.251 e. The van der Waals surface area contributed by atoms with E-state index in [4.69, 9.17) is 39.9 Å². The molecule has 6 rings (SSSR count). The number of benzene rings is 2. The fraction of sp³-hybridized carbons (Fsp3) is 0.586. The molecule has 2 saturated heterocycles. The lowest BCUT2D eigenvalue weighted by atomic mass is 9.58. The van der Waals surface area contributed by atoms with E-state index in [-0.39, 0.29) is 98.5 Å². The summed E-state index contributed by atoms with van der Waals surface area (Å²) in [6.07, 6.45) is -2.48. The number of aryl methyl sites for hydroxylation is 2. The van der Waals surface area contributed by atoms with Crippen molar-refractivity contribution in [3.8, 4) is 20.9 Å². The summed E-state index contributed by atoms with van der Waals surface area (Å²) >= 11 is 3.05. The van der Waals surface area contributed by atoms with Crippen molar-refractivity contribution >= 4 is 58.1 Å². The minimum Gasteiger partial charge on any atom is -0.391 e. The van der Waals surface area contributed by atoms with Crippen molar-refractivity contribution in [2.24, 2.45) is 34.1 Å². The molecule has 22 nitrogen and oxygen atoms in total. The van der Waals surface area contributed by atoms with Gasteiger partial charge in [0.25, 0.3) is 5.91 Å². The van der Waals surface area contributed by atoms with Crippen molar-refractivity contribution in [2.45, 2.75) is 111 Å². The van der Waals surface area contributed by atoms with Crippen LogP contribution in [0.1, 0.15) is 76.9 Å². The Morgan fingerprint density at radius 2 is 0.939 bits per heavy atom. The number of carbonyl (C=O) groups excluding carboxylic acids is 6. The monoisotopic (exact) mass is 1180 g/mol. The Labute approximate surface area is 487 Å². The van der Waals surface area contributed by atoms with Gasteiger partial charge >= 0.3 is 0 Å². The number of nitrogens with zero attached hydrogens (tertiary/aromatic N) is 4. The van der Waals surface area contributed by atoms with Crippen LogP contribution in [0.25, 0.3) is 20.9 Å². The number of nitrogens with two attached hydrogens (primary N) is 2. The second-order valence-corrected chi connectivity index (χ2v) is 24.4. The van der Waals surface area contributed by atoms with E-state index in [0.29, 0.717) is 13.2 Å². The standard InChI is InChI=1S/C58H82N8O14S2/c1-36-47(81-34-63-36)40-13-9-38(10-14-40)29-61-51(70)44-27-42(67)31-65(44)53(72)49(56(3,4)5)58(55(60)74,80-26-25-78-22-21-76-18-17-75-19-20-77-23-24-79-33-46(59)69)50(57(6,7)8)54(73)66-32-43(68)28-45(66)52(71)62-30-39-11-15-41(16-12-39)48-37(2)64-35-82-48/h9-16,34-35,42-45,49-50,67-68H,17-33H2,1-8H3,(H2,59,69)(H2,60,74)(H,61,70)(H,62,71)/t42-,43-,44-,45-,49-,50-/m0/s1. The van der Waals surface area contributed by atoms with Crippen LogP contribution in [0.4, 0.5) is 0 Å². The number of primary amides is 2. The van der Waals surface area contributed by atoms with Gasteiger partial charge < -0.3 is 70.5 Å². The maximum Gasteiger partial charge on any atom is 0.251 e. The molecular formula is C58H82N8O14S2. The number of aliphatic hydroxyl groups is 2. The number of aliphatic hydroxyl groups excluding tert-OH is 2. The van der Waals surface area contributed by atoms with E-state index in [0.717, 1.165) is 43.4 Å². The maximum atomic E-state index is 15.8. The van der Waals surface area contributed by atoms with E-state index in [1.165, 1.54) is 32.5 Å². The van der Waals surface area contributed by atoms with Gasteiger partial charge in [0.15, 0.2) is 5.60 Å². The topological polar surface area (TPSA) is 307 Å². The van der Waals surface area contributed by atoms with Crippen molar-refractivity contribution in [1.29, 1.82) is 0 Å². The number of amides is 6. The normalized spacial score (nSPS) is 19.0. The third kappa shape index (κ3) is 17.4. The van der Waals surface area contributed by atoms with Crippen LogP contribution in [0.5, 0.6) is 0 Å². The van der Waals surface area contributed by atoms with Gasteiger partial charge in [-0.05, 0) is 46.9 Å². The molecule has 4 heterocycles. The fourth-order valence-corrected chi connectivity index (χ4v) is 12.3. The Kier molecular flexibility index (Phi) is 24.0. The van der Waals surface area contributed by atoms with E-state index in [1.54, 1.807) is 52.6 Å². The Morgan fingerprint density at radius 1 is 0.585 bits per heavy atom. The molecule has 4 aromatic rings. The molecule has 450 valence electrons. The van der Waals surface area contributed by atoms with Crippen LogP contribution in [-0.4, -0.2) is 181 Å². The van der Waals surface area contributed by atoms with E-state index >= 15 is 9.59 Å². The van der Waals surface area contributed by atoms with Crippen molar-refractivity contribution in [2.75, 3.05) is 85.8 Å². The predicted octanol–water partition coefficient (Wildman–Crippen LogP) is 3.54. The number of hydrogen-bond acceptors (Lipinski definition) is 18. The molecule has 0 aliphatic carbocycles. The molecule has 2 aliphatic rings. The fourth-order valence-electron chi connectivity index (χ4n) is 10.7. The molecule has 2 aliphatic heterocycles. The van der Waals surface area contributed by atoms with E-state index in [9.17, 15) is 29.4 Å². The van der Waals surface area contributed by atoms with E-state index in [1.807, 2.05) is 62.4 Å². The summed E-state index contributed by atoms with van der Waals surface area (Å²) in [6.45, 7) is 14.9. The first-order valence-corrected chi connectivity index (χ1v) is 29.3. The van der Waals surface area contributed by atoms with E-state index < -0.39 is 88.0 Å². The van der Waals surface area contributed by atoms with Crippen LogP contribution in [0.15, 0.2) is 59.6 Å². The summed E-state index contributed by atoms with van der Waals surface area (Å²) in [4.78, 5) is 99.1. The summed E-state index contributed by atoms with van der Waals surface area (Å²) in [5, 5.41) is 28.4. The molecule has 6 atom stereocenters. The largest absolute Gasteiger partial charge is 0.391 e. The molecule has 0 unspecified atom stereocenters. The Balaban J connectivity index is 1.22. The van der Waals surface area contributed by atoms with Crippen molar-refractivity contribution in [3.05, 3.63) is 82.1 Å². The average Bonchev–Trinajstić information content (AvgIpc) is 3.18. The van der Waals surface area contributed by atoms with Crippen molar-refractivity contribution in [1.82, 2.24) is 30.4 Å². The summed E-state index contributed by atoms with van der Waals surface area (Å²) < 4.78 is 34.3. The van der Waals surface area contributed by atoms with Crippen molar-refractivity contribution in [3.63, 3.8) is 0 Å². The SMILES string of the molecule is Cc1ncsc1-c1ccc(CNC(=O)[C@@H]2C[C@H](O)CN2C(=O)[C@@H](C(C)(C)C)C(OCCOCCOCCOCCOCCOCC(N)=O)(C(N)=O)[C@@H](C(=O)N2C[C@@H](O)C[C@H]2C(=O)NCc2ccc(-c3scnc3C)cc2)C(C)(C)C)cc1. The van der Waals surface area contributed by atoms with Crippen LogP contribution < -0.4 is 22.1 Å². The minimum atomic E-state index is -2.51. The number of hydrogen-bond donors (Lipinski definition) is 6. The lowest BCUT2D eigenvalue weighted by Gasteiger charge is -2.52. The molecule has 0 spiro atoms. The van der Waals surface area contributed by atoms with Crippen LogP contribution in [0.2, 0.25) is 0 Å². The van der Waals surface area contributed by atoms with Gasteiger partial charge in [0.2, 0.25) is 29.5 Å². The first-order chi connectivity index (χ1) is 38.9. The highest BCUT2D eigenvalue weighted by Gasteiger charge is 2.66. The molecule has 6 amide bonds. The number of carbonyl (C=O) groups is 6. The first-order valence-electron chi connectivity index (χ1n) is 27.6. The summed E-state index contributed by atoms with van der Waals surface area (Å²) in [7, 11) is 0. The highest BCUT2D eigenvalue weighted by Crippen LogP contribution is 2.50. The Morgan fingerprint density at radius 3 is 1.26 bits per heavy atom. The minimum absolute atomic E-state index is 0.0847. The zero-order chi connectivity index (χ0) is 59.8. The van der Waals surface area contributed by atoms with Gasteiger partial charge in [-0.25, -0.2) is 9.97 Å². The molecule has 8 N–H and O–H groups in total. The maximum absolute atomic E-state index is 15.8.